The Kier molecular flexibility index (Phi) is 7.15. The van der Waals surface area contributed by atoms with E-state index in [1.165, 1.54) is 50.6 Å². The Balaban J connectivity index is 1.85. The minimum Gasteiger partial charge on any atom is -0.493 e. The van der Waals surface area contributed by atoms with Gasteiger partial charge < -0.3 is 25.3 Å². The van der Waals surface area contributed by atoms with Gasteiger partial charge in [0.05, 0.1) is 14.2 Å². The van der Waals surface area contributed by atoms with Gasteiger partial charge in [0, 0.05) is 17.3 Å². The van der Waals surface area contributed by atoms with E-state index in [0.29, 0.717) is 28.3 Å². The summed E-state index contributed by atoms with van der Waals surface area (Å²) in [5.74, 6) is -0.649. The van der Waals surface area contributed by atoms with Gasteiger partial charge in [-0.25, -0.2) is 4.79 Å². The van der Waals surface area contributed by atoms with Crippen molar-refractivity contribution in [3.63, 3.8) is 0 Å². The lowest BCUT2D eigenvalue weighted by Crippen LogP contribution is -2.20. The Bertz CT molecular complexity index is 890. The van der Waals surface area contributed by atoms with E-state index in [0.717, 1.165) is 0 Å². The molecule has 0 spiro atoms. The number of nitrogens with one attached hydrogen (secondary N) is 1. The van der Waals surface area contributed by atoms with Crippen LogP contribution in [0.2, 0.25) is 0 Å². The predicted molar refractivity (Wildman–Crippen MR) is 103 cm³/mol. The summed E-state index contributed by atoms with van der Waals surface area (Å²) < 4.78 is 15.2. The van der Waals surface area contributed by atoms with Crippen LogP contribution < -0.4 is 20.5 Å². The molecule has 0 fully saturated rings. The number of amides is 2. The van der Waals surface area contributed by atoms with Gasteiger partial charge in [-0.3, -0.25) is 9.59 Å². The van der Waals surface area contributed by atoms with Crippen molar-refractivity contribution in [2.75, 3.05) is 26.1 Å². The molecule has 2 amide bonds. The van der Waals surface area contributed by atoms with Crippen LogP contribution in [0.5, 0.6) is 11.5 Å². The summed E-state index contributed by atoms with van der Waals surface area (Å²) in [5.41, 5.74) is 6.62. The molecule has 0 aromatic heterocycles. The number of esters is 1. The van der Waals surface area contributed by atoms with Gasteiger partial charge in [0.15, 0.2) is 18.1 Å². The number of benzene rings is 2. The fourth-order valence-corrected chi connectivity index (χ4v) is 2.22. The van der Waals surface area contributed by atoms with Crippen molar-refractivity contribution in [1.29, 1.82) is 0 Å². The highest BCUT2D eigenvalue weighted by molar-refractivity contribution is 5.96. The Morgan fingerprint density at radius 2 is 1.68 bits per heavy atom. The van der Waals surface area contributed by atoms with Crippen molar-refractivity contribution in [2.45, 2.75) is 0 Å². The molecule has 0 aliphatic carbocycles. The topological polar surface area (TPSA) is 117 Å². The van der Waals surface area contributed by atoms with E-state index >= 15 is 0 Å². The average molecular weight is 384 g/mol. The quantitative estimate of drug-likeness (QED) is 0.531. The predicted octanol–water partition coefficient (Wildman–Crippen LogP) is 2.00. The lowest BCUT2D eigenvalue weighted by Gasteiger charge is -2.07. The fourth-order valence-electron chi connectivity index (χ4n) is 2.22. The Labute approximate surface area is 161 Å². The van der Waals surface area contributed by atoms with Crippen molar-refractivity contribution >= 4 is 29.5 Å². The van der Waals surface area contributed by atoms with E-state index in [1.807, 2.05) is 0 Å². The van der Waals surface area contributed by atoms with E-state index < -0.39 is 24.4 Å². The first-order valence-corrected chi connectivity index (χ1v) is 8.19. The van der Waals surface area contributed by atoms with Gasteiger partial charge in [-0.05, 0) is 48.0 Å². The van der Waals surface area contributed by atoms with Gasteiger partial charge in [0.2, 0.25) is 5.91 Å². The number of hydrogen-bond donors (Lipinski definition) is 2. The maximum Gasteiger partial charge on any atom is 0.331 e. The minimum atomic E-state index is -0.672. The molecule has 0 aliphatic heterocycles. The first-order chi connectivity index (χ1) is 13.4. The first kappa shape index (κ1) is 20.5. The van der Waals surface area contributed by atoms with Gasteiger partial charge >= 0.3 is 5.97 Å². The van der Waals surface area contributed by atoms with Gasteiger partial charge in [-0.2, -0.15) is 0 Å². The standard InChI is InChI=1S/C20H20N2O6/c1-26-16-9-3-13(11-17(16)27-2)4-10-19(24)28-12-18(23)22-15-7-5-14(6-8-15)20(21)25/h3-11H,12H2,1-2H3,(H2,21,25)(H,22,23). The third kappa shape index (κ3) is 5.87. The number of nitrogens with two attached hydrogens (primary N) is 1. The molecule has 0 atom stereocenters. The van der Waals surface area contributed by atoms with Crippen molar-refractivity contribution in [3.05, 3.63) is 59.7 Å². The molecule has 0 aliphatic rings. The minimum absolute atomic E-state index is 0.324. The van der Waals surface area contributed by atoms with Crippen LogP contribution >= 0.6 is 0 Å². The summed E-state index contributed by atoms with van der Waals surface area (Å²) in [7, 11) is 3.04. The van der Waals surface area contributed by atoms with Crippen molar-refractivity contribution in [3.8, 4) is 11.5 Å². The number of hydrogen-bond acceptors (Lipinski definition) is 6. The first-order valence-electron chi connectivity index (χ1n) is 8.19. The lowest BCUT2D eigenvalue weighted by molar-refractivity contribution is -0.142. The maximum atomic E-state index is 11.8. The average Bonchev–Trinajstić information content (AvgIpc) is 2.70. The molecule has 0 radical (unpaired) electrons. The fraction of sp³-hybridized carbons (Fsp3) is 0.150. The van der Waals surface area contributed by atoms with Crippen LogP contribution in [-0.2, 0) is 14.3 Å². The molecule has 2 aromatic rings. The Morgan fingerprint density at radius 3 is 2.29 bits per heavy atom. The number of primary amides is 1. The number of carbonyl (C=O) groups is 3. The van der Waals surface area contributed by atoms with Crippen LogP contribution in [0, 0.1) is 0 Å². The van der Waals surface area contributed by atoms with Crippen LogP contribution in [-0.4, -0.2) is 38.6 Å². The zero-order chi connectivity index (χ0) is 20.5. The highest BCUT2D eigenvalue weighted by atomic mass is 16.5. The molecule has 146 valence electrons. The van der Waals surface area contributed by atoms with Crippen molar-refractivity contribution < 1.29 is 28.6 Å². The number of anilines is 1. The normalized spacial score (nSPS) is 10.4. The van der Waals surface area contributed by atoms with E-state index in [4.69, 9.17) is 19.9 Å². The molecular formula is C20H20N2O6. The summed E-state index contributed by atoms with van der Waals surface area (Å²) in [4.78, 5) is 34.6. The molecule has 0 heterocycles. The summed E-state index contributed by atoms with van der Waals surface area (Å²) in [5, 5.41) is 2.54. The molecule has 8 heteroatoms. The van der Waals surface area contributed by atoms with Crippen molar-refractivity contribution in [1.82, 2.24) is 0 Å². The summed E-state index contributed by atoms with van der Waals surface area (Å²) in [6.45, 7) is -0.452. The molecule has 2 rings (SSSR count). The van der Waals surface area contributed by atoms with Gasteiger partial charge in [0.1, 0.15) is 0 Å². The lowest BCUT2D eigenvalue weighted by atomic mass is 10.2. The number of carbonyl (C=O) groups excluding carboxylic acids is 3. The van der Waals surface area contributed by atoms with Gasteiger partial charge in [0.25, 0.3) is 5.91 Å². The van der Waals surface area contributed by atoms with Crippen LogP contribution in [0.15, 0.2) is 48.5 Å². The number of methoxy groups -OCH3 is 2. The van der Waals surface area contributed by atoms with E-state index in [9.17, 15) is 14.4 Å². The van der Waals surface area contributed by atoms with Crippen molar-refractivity contribution in [2.24, 2.45) is 5.73 Å². The molecular weight excluding hydrogens is 364 g/mol. The smallest absolute Gasteiger partial charge is 0.331 e. The van der Waals surface area contributed by atoms with E-state index in [1.54, 1.807) is 18.2 Å². The van der Waals surface area contributed by atoms with Crippen LogP contribution in [0.25, 0.3) is 6.08 Å². The second-order valence-corrected chi connectivity index (χ2v) is 5.55. The van der Waals surface area contributed by atoms with Gasteiger partial charge in [-0.1, -0.05) is 6.07 Å². The third-order valence-electron chi connectivity index (χ3n) is 3.62. The zero-order valence-electron chi connectivity index (χ0n) is 15.4. The molecule has 0 saturated heterocycles. The molecule has 2 aromatic carbocycles. The zero-order valence-corrected chi connectivity index (χ0v) is 15.4. The highest BCUT2D eigenvalue weighted by Gasteiger charge is 2.07. The summed E-state index contributed by atoms with van der Waals surface area (Å²) in [6, 6.07) is 11.2. The SMILES string of the molecule is COc1ccc(C=CC(=O)OCC(=O)Nc2ccc(C(N)=O)cc2)cc1OC. The molecule has 8 nitrogen and oxygen atoms in total. The third-order valence-corrected chi connectivity index (χ3v) is 3.62. The number of rotatable bonds is 8. The van der Waals surface area contributed by atoms with Crippen LogP contribution in [0.1, 0.15) is 15.9 Å². The van der Waals surface area contributed by atoms with Crippen LogP contribution in [0.3, 0.4) is 0 Å². The van der Waals surface area contributed by atoms with Gasteiger partial charge in [-0.15, -0.1) is 0 Å². The molecule has 0 bridgehead atoms. The largest absolute Gasteiger partial charge is 0.493 e. The Morgan fingerprint density at radius 1 is 1.00 bits per heavy atom. The monoisotopic (exact) mass is 384 g/mol. The molecule has 0 unspecified atom stereocenters. The van der Waals surface area contributed by atoms with E-state index in [2.05, 4.69) is 5.32 Å². The number of ether oxygens (including phenoxy) is 3. The highest BCUT2D eigenvalue weighted by Crippen LogP contribution is 2.27. The molecule has 3 N–H and O–H groups in total. The maximum absolute atomic E-state index is 11.8. The summed E-state index contributed by atoms with van der Waals surface area (Å²) >= 11 is 0. The summed E-state index contributed by atoms with van der Waals surface area (Å²) in [6.07, 6.45) is 2.74. The second-order valence-electron chi connectivity index (χ2n) is 5.55. The molecule has 28 heavy (non-hydrogen) atoms. The van der Waals surface area contributed by atoms with Crippen LogP contribution in [0.4, 0.5) is 5.69 Å². The second kappa shape index (κ2) is 9.77. The Hall–Kier alpha value is -3.81. The van der Waals surface area contributed by atoms with E-state index in [-0.39, 0.29) is 0 Å². The molecule has 0 saturated carbocycles.